The Morgan fingerprint density at radius 1 is 0.929 bits per heavy atom. The number of benzene rings is 2. The summed E-state index contributed by atoms with van der Waals surface area (Å²) in [5.74, 6) is 1.16. The van der Waals surface area contributed by atoms with Gasteiger partial charge in [-0.25, -0.2) is 0 Å². The summed E-state index contributed by atoms with van der Waals surface area (Å²) in [4.78, 5) is 12.8. The molecule has 0 aliphatic rings. The van der Waals surface area contributed by atoms with Crippen molar-refractivity contribution in [2.45, 2.75) is 52.4 Å². The molecular weight excluding hydrogens is 418 g/mol. The van der Waals surface area contributed by atoms with E-state index < -0.39 is 0 Å². The third-order valence-electron chi connectivity index (χ3n) is 4.30. The van der Waals surface area contributed by atoms with Gasteiger partial charge in [-0.3, -0.25) is 4.79 Å². The fraction of sp³-hybridized carbons (Fsp3) is 0.435. The summed E-state index contributed by atoms with van der Waals surface area (Å²) >= 11 is 3.43. The first kappa shape index (κ1) is 22.3. The molecule has 0 aliphatic carbocycles. The lowest BCUT2D eigenvalue weighted by Crippen LogP contribution is -2.14. The molecule has 0 unspecified atom stereocenters. The van der Waals surface area contributed by atoms with Crippen LogP contribution in [0.5, 0.6) is 11.5 Å². The number of halogens is 1. The second kappa shape index (κ2) is 12.4. The number of hydrogen-bond donors (Lipinski definition) is 1. The zero-order valence-corrected chi connectivity index (χ0v) is 18.4. The van der Waals surface area contributed by atoms with Crippen LogP contribution >= 0.6 is 15.9 Å². The lowest BCUT2D eigenvalue weighted by Gasteiger charge is -2.13. The van der Waals surface area contributed by atoms with Crippen molar-refractivity contribution in [1.82, 2.24) is 0 Å². The van der Waals surface area contributed by atoms with Crippen LogP contribution in [0.1, 0.15) is 62.7 Å². The summed E-state index contributed by atoms with van der Waals surface area (Å²) < 4.78 is 12.4. The fourth-order valence-corrected chi connectivity index (χ4v) is 3.07. The van der Waals surface area contributed by atoms with Crippen LogP contribution in [-0.2, 0) is 0 Å². The second-order valence-corrected chi connectivity index (χ2v) is 7.65. The smallest absolute Gasteiger partial charge is 0.259 e. The molecule has 0 saturated carbocycles. The van der Waals surface area contributed by atoms with Crippen molar-refractivity contribution in [2.24, 2.45) is 0 Å². The zero-order chi connectivity index (χ0) is 20.2. The van der Waals surface area contributed by atoms with Gasteiger partial charge in [0.25, 0.3) is 5.91 Å². The van der Waals surface area contributed by atoms with E-state index in [2.05, 4.69) is 35.1 Å². The molecule has 0 atom stereocenters. The molecule has 2 aromatic rings. The molecule has 0 radical (unpaired) electrons. The number of rotatable bonds is 12. The van der Waals surface area contributed by atoms with E-state index >= 15 is 0 Å². The van der Waals surface area contributed by atoms with Gasteiger partial charge in [0, 0.05) is 16.2 Å². The minimum Gasteiger partial charge on any atom is -0.494 e. The number of hydrogen-bond acceptors (Lipinski definition) is 3. The summed E-state index contributed by atoms with van der Waals surface area (Å²) in [6, 6.07) is 13.0. The average Bonchev–Trinajstić information content (AvgIpc) is 2.69. The van der Waals surface area contributed by atoms with Gasteiger partial charge in [-0.2, -0.15) is 0 Å². The second-order valence-electron chi connectivity index (χ2n) is 6.73. The number of amides is 1. The first-order valence-corrected chi connectivity index (χ1v) is 10.9. The van der Waals surface area contributed by atoms with Crippen molar-refractivity contribution in [3.63, 3.8) is 0 Å². The highest BCUT2D eigenvalue weighted by molar-refractivity contribution is 9.10. The van der Waals surface area contributed by atoms with Gasteiger partial charge >= 0.3 is 0 Å². The number of unbranched alkanes of at least 4 members (excludes halogenated alkanes) is 4. The number of carbonyl (C=O) groups excluding carboxylic acids is 1. The summed E-state index contributed by atoms with van der Waals surface area (Å²) in [5, 5.41) is 2.95. The highest BCUT2D eigenvalue weighted by Crippen LogP contribution is 2.25. The van der Waals surface area contributed by atoms with Gasteiger partial charge in [-0.15, -0.1) is 0 Å². The van der Waals surface area contributed by atoms with Crippen molar-refractivity contribution in [3.05, 3.63) is 52.5 Å². The highest BCUT2D eigenvalue weighted by Gasteiger charge is 2.14. The molecule has 2 rings (SSSR count). The van der Waals surface area contributed by atoms with Crippen LogP contribution in [0.2, 0.25) is 0 Å². The Balaban J connectivity index is 2.00. The van der Waals surface area contributed by atoms with E-state index in [-0.39, 0.29) is 5.91 Å². The molecule has 152 valence electrons. The Labute approximate surface area is 176 Å². The van der Waals surface area contributed by atoms with Gasteiger partial charge in [0.1, 0.15) is 11.5 Å². The molecule has 1 amide bonds. The topological polar surface area (TPSA) is 47.6 Å². The molecule has 0 heterocycles. The van der Waals surface area contributed by atoms with Crippen molar-refractivity contribution < 1.29 is 14.3 Å². The molecular formula is C23H30BrNO3. The molecule has 1 N–H and O–H groups in total. The Morgan fingerprint density at radius 3 is 2.50 bits per heavy atom. The minimum absolute atomic E-state index is 0.201. The highest BCUT2D eigenvalue weighted by atomic mass is 79.9. The van der Waals surface area contributed by atoms with Crippen molar-refractivity contribution in [1.29, 1.82) is 0 Å². The monoisotopic (exact) mass is 447 g/mol. The van der Waals surface area contributed by atoms with Gasteiger partial charge < -0.3 is 14.8 Å². The minimum atomic E-state index is -0.201. The molecule has 0 bridgehead atoms. The maximum atomic E-state index is 12.8. The van der Waals surface area contributed by atoms with E-state index in [0.717, 1.165) is 29.5 Å². The predicted octanol–water partition coefficient (Wildman–Crippen LogP) is 6.84. The molecule has 4 nitrogen and oxygen atoms in total. The molecule has 0 fully saturated rings. The largest absolute Gasteiger partial charge is 0.494 e. The fourth-order valence-electron chi connectivity index (χ4n) is 2.71. The molecule has 0 aliphatic heterocycles. The van der Waals surface area contributed by atoms with Crippen molar-refractivity contribution >= 4 is 27.5 Å². The quantitative estimate of drug-likeness (QED) is 0.362. The van der Waals surface area contributed by atoms with Gasteiger partial charge in [0.05, 0.1) is 18.8 Å². The number of ether oxygens (including phenoxy) is 2. The Bertz CT molecular complexity index is 748. The maximum Gasteiger partial charge on any atom is 0.259 e. The van der Waals surface area contributed by atoms with Crippen LogP contribution in [-0.4, -0.2) is 19.1 Å². The summed E-state index contributed by atoms with van der Waals surface area (Å²) in [6.07, 6.45) is 6.66. The van der Waals surface area contributed by atoms with Crippen LogP contribution in [0.3, 0.4) is 0 Å². The first-order chi connectivity index (χ1) is 13.6. The van der Waals surface area contributed by atoms with Crippen LogP contribution in [0.15, 0.2) is 46.9 Å². The van der Waals surface area contributed by atoms with E-state index in [1.54, 1.807) is 6.07 Å². The molecule has 2 aromatic carbocycles. The number of nitrogens with one attached hydrogen (secondary N) is 1. The lowest BCUT2D eigenvalue weighted by atomic mass is 10.1. The third-order valence-corrected chi connectivity index (χ3v) is 4.79. The third kappa shape index (κ3) is 7.55. The Hall–Kier alpha value is -2.01. The molecule has 0 saturated heterocycles. The SMILES string of the molecule is CCCCCCOc1cccc(NC(=O)c2cc(Br)ccc2OCCCC)c1. The standard InChI is InChI=1S/C23H30BrNO3/c1-3-5-7-8-15-27-20-11-9-10-19(17-20)25-23(26)21-16-18(24)12-13-22(21)28-14-6-4-2/h9-13,16-17H,3-8,14-15H2,1-2H3,(H,25,26). The van der Waals surface area contributed by atoms with E-state index in [1.807, 2.05) is 36.4 Å². The lowest BCUT2D eigenvalue weighted by molar-refractivity contribution is 0.102. The van der Waals surface area contributed by atoms with Crippen molar-refractivity contribution in [2.75, 3.05) is 18.5 Å². The first-order valence-electron chi connectivity index (χ1n) is 10.1. The van der Waals surface area contributed by atoms with E-state index in [0.29, 0.717) is 30.2 Å². The molecule has 28 heavy (non-hydrogen) atoms. The normalized spacial score (nSPS) is 10.5. The van der Waals surface area contributed by atoms with Gasteiger partial charge in [-0.1, -0.05) is 61.5 Å². The number of carbonyl (C=O) groups is 1. The predicted molar refractivity (Wildman–Crippen MR) is 119 cm³/mol. The van der Waals surface area contributed by atoms with Crippen LogP contribution in [0, 0.1) is 0 Å². The maximum absolute atomic E-state index is 12.8. The van der Waals surface area contributed by atoms with E-state index in [9.17, 15) is 4.79 Å². The van der Waals surface area contributed by atoms with Gasteiger partial charge in [-0.05, 0) is 43.2 Å². The van der Waals surface area contributed by atoms with E-state index in [1.165, 1.54) is 19.3 Å². The molecule has 5 heteroatoms. The Morgan fingerprint density at radius 2 is 1.71 bits per heavy atom. The zero-order valence-electron chi connectivity index (χ0n) is 16.8. The van der Waals surface area contributed by atoms with E-state index in [4.69, 9.17) is 9.47 Å². The van der Waals surface area contributed by atoms with Gasteiger partial charge in [0.15, 0.2) is 0 Å². The van der Waals surface area contributed by atoms with Crippen LogP contribution in [0.4, 0.5) is 5.69 Å². The summed E-state index contributed by atoms with van der Waals surface area (Å²) in [7, 11) is 0. The molecule has 0 spiro atoms. The summed E-state index contributed by atoms with van der Waals surface area (Å²) in [5.41, 5.74) is 1.21. The van der Waals surface area contributed by atoms with Crippen LogP contribution < -0.4 is 14.8 Å². The molecule has 0 aromatic heterocycles. The number of anilines is 1. The van der Waals surface area contributed by atoms with Crippen molar-refractivity contribution in [3.8, 4) is 11.5 Å². The Kier molecular flexibility index (Phi) is 9.91. The van der Waals surface area contributed by atoms with Gasteiger partial charge in [0.2, 0.25) is 0 Å². The van der Waals surface area contributed by atoms with Crippen LogP contribution in [0.25, 0.3) is 0 Å². The summed E-state index contributed by atoms with van der Waals surface area (Å²) in [6.45, 7) is 5.59. The average molecular weight is 448 g/mol.